The summed E-state index contributed by atoms with van der Waals surface area (Å²) in [6.45, 7) is 6.35. The number of carbonyl (C=O) groups excluding carboxylic acids is 2. The number of aryl methyl sites for hydroxylation is 1. The number of nitrogens with one attached hydrogen (secondary N) is 2. The second kappa shape index (κ2) is 7.53. The Balaban J connectivity index is 1.51. The van der Waals surface area contributed by atoms with E-state index in [1.807, 2.05) is 51.1 Å². The first-order valence-electron chi connectivity index (χ1n) is 8.58. The van der Waals surface area contributed by atoms with E-state index in [4.69, 9.17) is 4.74 Å². The minimum atomic E-state index is -0.498. The molecule has 1 fully saturated rings. The zero-order valence-corrected chi connectivity index (χ0v) is 16.0. The van der Waals surface area contributed by atoms with Crippen LogP contribution in [-0.4, -0.2) is 46.5 Å². The van der Waals surface area contributed by atoms with Gasteiger partial charge in [0.2, 0.25) is 11.8 Å². The van der Waals surface area contributed by atoms with Gasteiger partial charge < -0.3 is 15.4 Å². The Bertz CT molecular complexity index is 838. The number of hydrogen-bond acceptors (Lipinski definition) is 5. The van der Waals surface area contributed by atoms with Gasteiger partial charge in [-0.3, -0.25) is 9.59 Å². The third-order valence-electron chi connectivity index (χ3n) is 4.26. The van der Waals surface area contributed by atoms with Crippen LogP contribution in [0.4, 0.5) is 0 Å². The minimum Gasteiger partial charge on any atom is -0.489 e. The SMILES string of the molecule is Cc1ccc2cccc(OCCNC(=O)[C@@H]3CSC(C)(C)C(=O)N3)c2n1. The first kappa shape index (κ1) is 18.5. The topological polar surface area (TPSA) is 80.3 Å². The summed E-state index contributed by atoms with van der Waals surface area (Å²) in [6.07, 6.45) is 0. The van der Waals surface area contributed by atoms with Crippen molar-refractivity contribution < 1.29 is 14.3 Å². The van der Waals surface area contributed by atoms with Crippen LogP contribution in [0.1, 0.15) is 19.5 Å². The molecule has 1 aromatic carbocycles. The second-order valence-corrected chi connectivity index (χ2v) is 8.41. The lowest BCUT2D eigenvalue weighted by Gasteiger charge is -2.32. The molecule has 3 rings (SSSR count). The number of thioether (sulfide) groups is 1. The zero-order chi connectivity index (χ0) is 18.7. The van der Waals surface area contributed by atoms with E-state index in [2.05, 4.69) is 15.6 Å². The number of benzene rings is 1. The molecule has 6 nitrogen and oxygen atoms in total. The maximum absolute atomic E-state index is 12.2. The predicted molar refractivity (Wildman–Crippen MR) is 103 cm³/mol. The molecule has 1 aliphatic heterocycles. The number of para-hydroxylation sites is 1. The smallest absolute Gasteiger partial charge is 0.243 e. The van der Waals surface area contributed by atoms with Gasteiger partial charge in [-0.15, -0.1) is 11.8 Å². The molecule has 2 heterocycles. The molecule has 1 saturated heterocycles. The molecule has 0 aliphatic carbocycles. The molecule has 26 heavy (non-hydrogen) atoms. The largest absolute Gasteiger partial charge is 0.489 e. The number of ether oxygens (including phenoxy) is 1. The normalized spacial score (nSPS) is 19.0. The monoisotopic (exact) mass is 373 g/mol. The molecule has 2 N–H and O–H groups in total. The van der Waals surface area contributed by atoms with Gasteiger partial charge in [-0.2, -0.15) is 0 Å². The van der Waals surface area contributed by atoms with Crippen LogP contribution in [0.5, 0.6) is 5.75 Å². The molecule has 0 saturated carbocycles. The van der Waals surface area contributed by atoms with E-state index < -0.39 is 10.8 Å². The third-order valence-corrected chi connectivity index (χ3v) is 5.67. The number of aromatic nitrogens is 1. The van der Waals surface area contributed by atoms with E-state index in [1.165, 1.54) is 11.8 Å². The summed E-state index contributed by atoms with van der Waals surface area (Å²) in [6, 6.07) is 9.26. The van der Waals surface area contributed by atoms with E-state index in [1.54, 1.807) is 0 Å². The molecule has 1 aliphatic rings. The fourth-order valence-corrected chi connectivity index (χ4v) is 3.67. The third kappa shape index (κ3) is 4.09. The van der Waals surface area contributed by atoms with E-state index >= 15 is 0 Å². The Hall–Kier alpha value is -2.28. The Morgan fingerprint density at radius 3 is 2.96 bits per heavy atom. The van der Waals surface area contributed by atoms with Crippen molar-refractivity contribution in [1.82, 2.24) is 15.6 Å². The summed E-state index contributed by atoms with van der Waals surface area (Å²) >= 11 is 1.49. The van der Waals surface area contributed by atoms with Gasteiger partial charge in [0.05, 0.1) is 11.3 Å². The highest BCUT2D eigenvalue weighted by atomic mass is 32.2. The minimum absolute atomic E-state index is 0.109. The van der Waals surface area contributed by atoms with Crippen LogP contribution in [0.3, 0.4) is 0 Å². The number of nitrogens with zero attached hydrogens (tertiary/aromatic N) is 1. The van der Waals surface area contributed by atoms with Crippen LogP contribution >= 0.6 is 11.8 Å². The summed E-state index contributed by atoms with van der Waals surface area (Å²) in [5.74, 6) is 0.973. The van der Waals surface area contributed by atoms with Gasteiger partial charge in [-0.25, -0.2) is 4.98 Å². The number of pyridine rings is 1. The van der Waals surface area contributed by atoms with Crippen LogP contribution in [0.15, 0.2) is 30.3 Å². The molecular formula is C19H23N3O3S. The lowest BCUT2D eigenvalue weighted by Crippen LogP contribution is -2.57. The Morgan fingerprint density at radius 1 is 1.38 bits per heavy atom. The highest BCUT2D eigenvalue weighted by Gasteiger charge is 2.37. The van der Waals surface area contributed by atoms with E-state index in [9.17, 15) is 9.59 Å². The maximum atomic E-state index is 12.2. The molecule has 0 radical (unpaired) electrons. The van der Waals surface area contributed by atoms with Crippen LogP contribution in [-0.2, 0) is 9.59 Å². The summed E-state index contributed by atoms with van der Waals surface area (Å²) in [5.41, 5.74) is 1.74. The average molecular weight is 373 g/mol. The van der Waals surface area contributed by atoms with E-state index in [0.717, 1.165) is 16.6 Å². The standard InChI is InChI=1S/C19H23N3O3S/c1-12-7-8-13-5-4-6-15(16(13)21-12)25-10-9-20-17(23)14-11-26-19(2,3)18(24)22-14/h4-8,14H,9-11H2,1-3H3,(H,20,23)(H,22,24)/t14-/m0/s1. The van der Waals surface area contributed by atoms with Crippen molar-refractivity contribution in [2.45, 2.75) is 31.6 Å². The molecule has 2 aromatic rings. The Morgan fingerprint density at radius 2 is 2.19 bits per heavy atom. The summed E-state index contributed by atoms with van der Waals surface area (Å²) < 4.78 is 5.31. The van der Waals surface area contributed by atoms with Crippen molar-refractivity contribution in [3.63, 3.8) is 0 Å². The summed E-state index contributed by atoms with van der Waals surface area (Å²) in [7, 11) is 0. The highest BCUT2D eigenvalue weighted by Crippen LogP contribution is 2.29. The molecule has 1 aromatic heterocycles. The molecular weight excluding hydrogens is 350 g/mol. The van der Waals surface area contributed by atoms with Crippen molar-refractivity contribution in [2.24, 2.45) is 0 Å². The number of carbonyl (C=O) groups is 2. The van der Waals surface area contributed by atoms with Crippen LogP contribution in [0.25, 0.3) is 10.9 Å². The van der Waals surface area contributed by atoms with Crippen molar-refractivity contribution in [3.05, 3.63) is 36.0 Å². The highest BCUT2D eigenvalue weighted by molar-refractivity contribution is 8.01. The lowest BCUT2D eigenvalue weighted by atomic mass is 10.1. The lowest BCUT2D eigenvalue weighted by molar-refractivity contribution is -0.129. The summed E-state index contributed by atoms with van der Waals surface area (Å²) in [4.78, 5) is 28.7. The fraction of sp³-hybridized carbons (Fsp3) is 0.421. The van der Waals surface area contributed by atoms with Crippen molar-refractivity contribution in [1.29, 1.82) is 0 Å². The molecule has 7 heteroatoms. The molecule has 0 unspecified atom stereocenters. The van der Waals surface area contributed by atoms with Gasteiger partial charge in [0, 0.05) is 16.8 Å². The van der Waals surface area contributed by atoms with Crippen molar-refractivity contribution in [2.75, 3.05) is 18.9 Å². The number of fused-ring (bicyclic) bond motifs is 1. The first-order chi connectivity index (χ1) is 12.4. The molecule has 0 spiro atoms. The number of amides is 2. The van der Waals surface area contributed by atoms with Crippen LogP contribution in [0.2, 0.25) is 0 Å². The van der Waals surface area contributed by atoms with E-state index in [-0.39, 0.29) is 11.8 Å². The molecule has 2 amide bonds. The van der Waals surface area contributed by atoms with E-state index in [0.29, 0.717) is 24.7 Å². The summed E-state index contributed by atoms with van der Waals surface area (Å²) in [5, 5.41) is 6.61. The molecule has 1 atom stereocenters. The average Bonchev–Trinajstić information content (AvgIpc) is 2.61. The van der Waals surface area contributed by atoms with Crippen LogP contribution < -0.4 is 15.4 Å². The Kier molecular flexibility index (Phi) is 5.36. The van der Waals surface area contributed by atoms with Gasteiger partial charge in [0.1, 0.15) is 23.9 Å². The maximum Gasteiger partial charge on any atom is 0.243 e. The van der Waals surface area contributed by atoms with Gasteiger partial charge in [0.15, 0.2) is 0 Å². The number of hydrogen-bond donors (Lipinski definition) is 2. The second-order valence-electron chi connectivity index (χ2n) is 6.77. The Labute approximate surface area is 157 Å². The van der Waals surface area contributed by atoms with Gasteiger partial charge in [-0.1, -0.05) is 18.2 Å². The van der Waals surface area contributed by atoms with Gasteiger partial charge >= 0.3 is 0 Å². The van der Waals surface area contributed by atoms with Gasteiger partial charge in [0.25, 0.3) is 0 Å². The first-order valence-corrected chi connectivity index (χ1v) is 9.57. The van der Waals surface area contributed by atoms with Gasteiger partial charge in [-0.05, 0) is 32.9 Å². The zero-order valence-electron chi connectivity index (χ0n) is 15.2. The van der Waals surface area contributed by atoms with Crippen molar-refractivity contribution in [3.8, 4) is 5.75 Å². The van der Waals surface area contributed by atoms with Crippen LogP contribution in [0, 0.1) is 6.92 Å². The number of rotatable bonds is 5. The fourth-order valence-electron chi connectivity index (χ4n) is 2.66. The quantitative estimate of drug-likeness (QED) is 0.784. The molecule has 0 bridgehead atoms. The predicted octanol–water partition coefficient (Wildman–Crippen LogP) is 2.05. The molecule has 138 valence electrons. The van der Waals surface area contributed by atoms with Crippen molar-refractivity contribution >= 4 is 34.5 Å².